The van der Waals surface area contributed by atoms with E-state index in [4.69, 9.17) is 9.47 Å². The molecule has 0 aromatic heterocycles. The van der Waals surface area contributed by atoms with E-state index in [1.54, 1.807) is 0 Å². The maximum atomic E-state index is 12.2. The molecule has 1 aliphatic heterocycles. The molecule has 2 spiro atoms. The summed E-state index contributed by atoms with van der Waals surface area (Å²) < 4.78 is 13.4. The number of aliphatic hydroxyl groups excluding tert-OH is 1. The molecule has 1 saturated heterocycles. The molecular formula is C33H44O5. The predicted octanol–water partition coefficient (Wildman–Crippen LogP) is 5.10. The Hall–Kier alpha value is -1.42. The van der Waals surface area contributed by atoms with Crippen LogP contribution in [-0.4, -0.2) is 50.6 Å². The lowest BCUT2D eigenvalue weighted by molar-refractivity contribution is -0.322. The Morgan fingerprint density at radius 3 is 2.39 bits per heavy atom. The van der Waals surface area contributed by atoms with E-state index >= 15 is 0 Å². The van der Waals surface area contributed by atoms with Crippen LogP contribution in [0, 0.1) is 35.0 Å². The fourth-order valence-electron chi connectivity index (χ4n) is 10.4. The minimum absolute atomic E-state index is 0.0391. The lowest BCUT2D eigenvalue weighted by Gasteiger charge is -2.80. The molecule has 1 heterocycles. The third-order valence-corrected chi connectivity index (χ3v) is 11.5. The highest BCUT2D eigenvalue weighted by molar-refractivity contribution is 5.63. The van der Waals surface area contributed by atoms with Crippen LogP contribution in [0.3, 0.4) is 0 Å². The van der Waals surface area contributed by atoms with Crippen LogP contribution < -0.4 is 0 Å². The smallest absolute Gasteiger partial charge is 0.164 e. The quantitative estimate of drug-likeness (QED) is 0.451. The number of allylic oxidation sites excluding steroid dienone is 2. The first kappa shape index (κ1) is 25.5. The van der Waals surface area contributed by atoms with E-state index in [9.17, 15) is 15.3 Å². The summed E-state index contributed by atoms with van der Waals surface area (Å²) in [7, 11) is 0. The monoisotopic (exact) mass is 520 g/mol. The average molecular weight is 521 g/mol. The summed E-state index contributed by atoms with van der Waals surface area (Å²) in [6.07, 6.45) is 18.8. The van der Waals surface area contributed by atoms with Gasteiger partial charge >= 0.3 is 0 Å². The van der Waals surface area contributed by atoms with Gasteiger partial charge in [0.25, 0.3) is 0 Å². The van der Waals surface area contributed by atoms with Crippen molar-refractivity contribution in [3.63, 3.8) is 0 Å². The fourth-order valence-corrected chi connectivity index (χ4v) is 10.4. The second kappa shape index (κ2) is 8.54. The third-order valence-electron chi connectivity index (χ3n) is 11.5. The van der Waals surface area contributed by atoms with Crippen molar-refractivity contribution in [2.24, 2.45) is 23.2 Å². The summed E-state index contributed by atoms with van der Waals surface area (Å²) in [4.78, 5) is 0. The number of aliphatic hydroxyl groups is 3. The molecule has 5 nitrogen and oxygen atoms in total. The van der Waals surface area contributed by atoms with Crippen LogP contribution >= 0.6 is 0 Å². The van der Waals surface area contributed by atoms with E-state index in [0.717, 1.165) is 81.8 Å². The summed E-state index contributed by atoms with van der Waals surface area (Å²) in [6.45, 7) is 3.99. The molecule has 0 unspecified atom stereocenters. The standard InChI is InChI=1S/C33H44O5/c1-29(2)37-28-26-23(21-34)20-22(12-5-10-16-30(35)14-6-3-7-15-30)25-27(31(36)17-8-4-9-18-31)24-13-11-19-32(28,38-29)33(24,25)26/h10,16,20,24-25,27-28,34-36H,3-4,6-9,11,13-15,17-19,21H2,1-2H3/b16-10+/t24-,25-,27-,28+,32+,33-/m1/s1. The molecule has 0 radical (unpaired) electrons. The van der Waals surface area contributed by atoms with Crippen molar-refractivity contribution in [1.29, 1.82) is 0 Å². The summed E-state index contributed by atoms with van der Waals surface area (Å²) >= 11 is 0. The van der Waals surface area contributed by atoms with Crippen molar-refractivity contribution < 1.29 is 24.8 Å². The zero-order valence-corrected chi connectivity index (χ0v) is 23.1. The zero-order valence-electron chi connectivity index (χ0n) is 23.1. The van der Waals surface area contributed by atoms with Crippen LogP contribution in [0.4, 0.5) is 0 Å². The number of ether oxygens (including phenoxy) is 2. The second-order valence-electron chi connectivity index (χ2n) is 13.9. The summed E-state index contributed by atoms with van der Waals surface area (Å²) in [5, 5.41) is 33.6. The Morgan fingerprint density at radius 1 is 0.974 bits per heavy atom. The van der Waals surface area contributed by atoms with Gasteiger partial charge in [-0.05, 0) is 93.6 Å². The van der Waals surface area contributed by atoms with Crippen molar-refractivity contribution in [1.82, 2.24) is 0 Å². The molecule has 38 heavy (non-hydrogen) atoms. The van der Waals surface area contributed by atoms with Crippen molar-refractivity contribution in [3.05, 3.63) is 34.9 Å². The molecule has 3 N–H and O–H groups in total. The van der Waals surface area contributed by atoms with Crippen molar-refractivity contribution in [2.75, 3.05) is 6.61 Å². The van der Waals surface area contributed by atoms with Crippen molar-refractivity contribution in [3.8, 4) is 11.8 Å². The van der Waals surface area contributed by atoms with Gasteiger partial charge in [-0.2, -0.15) is 0 Å². The van der Waals surface area contributed by atoms with E-state index in [-0.39, 0.29) is 30.0 Å². The maximum Gasteiger partial charge on any atom is 0.164 e. The Kier molecular flexibility index (Phi) is 5.74. The Bertz CT molecular complexity index is 1150. The molecular weight excluding hydrogens is 476 g/mol. The molecule has 6 fully saturated rings. The van der Waals surface area contributed by atoms with Gasteiger partial charge < -0.3 is 24.8 Å². The van der Waals surface area contributed by atoms with Crippen LogP contribution in [-0.2, 0) is 9.47 Å². The normalized spacial score (nSPS) is 43.6. The molecule has 0 aromatic rings. The number of rotatable bonds is 3. The molecule has 6 atom stereocenters. The number of hydrogen-bond donors (Lipinski definition) is 3. The highest BCUT2D eigenvalue weighted by Crippen LogP contribution is 2.84. The average Bonchev–Trinajstić information content (AvgIpc) is 3.08. The van der Waals surface area contributed by atoms with Crippen molar-refractivity contribution in [2.45, 2.75) is 126 Å². The van der Waals surface area contributed by atoms with Crippen LogP contribution in [0.15, 0.2) is 34.9 Å². The van der Waals surface area contributed by atoms with E-state index in [1.807, 2.05) is 26.0 Å². The third kappa shape index (κ3) is 3.25. The molecule has 0 bridgehead atoms. The Labute approximate surface area is 227 Å². The first-order chi connectivity index (χ1) is 18.2. The highest BCUT2D eigenvalue weighted by Gasteiger charge is 2.88. The topological polar surface area (TPSA) is 79.2 Å². The van der Waals surface area contributed by atoms with Gasteiger partial charge in [-0.1, -0.05) is 56.8 Å². The van der Waals surface area contributed by atoms with E-state index < -0.39 is 22.6 Å². The first-order valence-corrected chi connectivity index (χ1v) is 15.3. The fraction of sp³-hybridized carbons (Fsp3) is 0.758. The van der Waals surface area contributed by atoms with E-state index in [2.05, 4.69) is 17.9 Å². The molecule has 5 heteroatoms. The summed E-state index contributed by atoms with van der Waals surface area (Å²) in [5.74, 6) is 6.63. The van der Waals surface area contributed by atoms with Gasteiger partial charge in [0.15, 0.2) is 5.79 Å². The molecule has 6 aliphatic carbocycles. The van der Waals surface area contributed by atoms with Crippen molar-refractivity contribution >= 4 is 0 Å². The molecule has 5 saturated carbocycles. The second-order valence-corrected chi connectivity index (χ2v) is 13.9. The SMILES string of the molecule is CC1(C)O[C@H]2C3=C(CO)C=C(C#C/C=C/C4(O)CCCCC4)[C@@H]4[C@H](C5(O)CCCCC5)[C@H]5CCC[C@@]2(O1)[C@]354. The van der Waals surface area contributed by atoms with Gasteiger partial charge in [-0.25, -0.2) is 0 Å². The first-order valence-electron chi connectivity index (χ1n) is 15.3. The van der Waals surface area contributed by atoms with E-state index in [1.165, 1.54) is 18.4 Å². The minimum atomic E-state index is -0.744. The Balaban J connectivity index is 1.32. The zero-order chi connectivity index (χ0) is 26.4. The number of hydrogen-bond acceptors (Lipinski definition) is 5. The van der Waals surface area contributed by atoms with Crippen LogP contribution in [0.1, 0.15) is 97.3 Å². The maximum absolute atomic E-state index is 12.2. The van der Waals surface area contributed by atoms with Gasteiger partial charge in [0.2, 0.25) is 0 Å². The van der Waals surface area contributed by atoms with Gasteiger partial charge in [0.1, 0.15) is 11.7 Å². The van der Waals surface area contributed by atoms with Gasteiger partial charge in [0, 0.05) is 16.9 Å². The number of fused-ring (bicyclic) bond motifs is 1. The molecule has 0 aromatic carbocycles. The minimum Gasteiger partial charge on any atom is -0.392 e. The van der Waals surface area contributed by atoms with Crippen LogP contribution in [0.2, 0.25) is 0 Å². The van der Waals surface area contributed by atoms with Gasteiger partial charge in [-0.15, -0.1) is 0 Å². The van der Waals surface area contributed by atoms with Gasteiger partial charge in [-0.3, -0.25) is 0 Å². The van der Waals surface area contributed by atoms with Crippen LogP contribution in [0.25, 0.3) is 0 Å². The summed E-state index contributed by atoms with van der Waals surface area (Å²) in [5.41, 5.74) is 1.11. The molecule has 0 amide bonds. The predicted molar refractivity (Wildman–Crippen MR) is 145 cm³/mol. The molecule has 206 valence electrons. The lowest BCUT2D eigenvalue weighted by Crippen LogP contribution is -2.84. The van der Waals surface area contributed by atoms with Crippen LogP contribution in [0.5, 0.6) is 0 Å². The van der Waals surface area contributed by atoms with Gasteiger partial charge in [0.05, 0.1) is 17.8 Å². The largest absolute Gasteiger partial charge is 0.392 e. The summed E-state index contributed by atoms with van der Waals surface area (Å²) in [6, 6.07) is 0. The lowest BCUT2D eigenvalue weighted by atomic mass is 9.24. The molecule has 7 aliphatic rings. The molecule has 7 rings (SSSR count). The van der Waals surface area contributed by atoms with E-state index in [0.29, 0.717) is 5.92 Å². The Morgan fingerprint density at radius 2 is 1.68 bits per heavy atom. The highest BCUT2D eigenvalue weighted by atomic mass is 16.8.